The molecule has 1 aromatic carbocycles. The van der Waals surface area contributed by atoms with Gasteiger partial charge in [0.1, 0.15) is 18.5 Å². The summed E-state index contributed by atoms with van der Waals surface area (Å²) >= 11 is 0. The van der Waals surface area contributed by atoms with Crippen molar-refractivity contribution in [2.45, 2.75) is 44.4 Å². The number of aliphatic hydroxyl groups is 1. The molecule has 1 fully saturated rings. The zero-order valence-corrected chi connectivity index (χ0v) is 12.3. The summed E-state index contributed by atoms with van der Waals surface area (Å²) in [5, 5.41) is 13.4. The second-order valence-electron chi connectivity index (χ2n) is 5.45. The van der Waals surface area contributed by atoms with Crippen LogP contribution in [0.1, 0.15) is 24.8 Å². The van der Waals surface area contributed by atoms with Crippen molar-refractivity contribution in [3.05, 3.63) is 29.8 Å². The smallest absolute Gasteiger partial charge is 0.122 e. The third-order valence-electron chi connectivity index (χ3n) is 3.90. The third-order valence-corrected chi connectivity index (χ3v) is 3.90. The molecule has 3 unspecified atom stereocenters. The van der Waals surface area contributed by atoms with Crippen LogP contribution in [-0.2, 0) is 4.74 Å². The summed E-state index contributed by atoms with van der Waals surface area (Å²) in [5.41, 5.74) is 1.09. The topological polar surface area (TPSA) is 50.7 Å². The summed E-state index contributed by atoms with van der Waals surface area (Å²) in [7, 11) is 1.75. The van der Waals surface area contributed by atoms with Crippen LogP contribution in [0.15, 0.2) is 24.3 Å². The first kappa shape index (κ1) is 15.3. The molecule has 112 valence electrons. The molecule has 1 saturated carbocycles. The van der Waals surface area contributed by atoms with E-state index in [1.54, 1.807) is 7.11 Å². The lowest BCUT2D eigenvalue weighted by atomic mass is 10.2. The fourth-order valence-corrected chi connectivity index (χ4v) is 2.69. The van der Waals surface area contributed by atoms with E-state index in [1.807, 2.05) is 31.2 Å². The Bertz CT molecular complexity index is 410. The van der Waals surface area contributed by atoms with Gasteiger partial charge in [-0.15, -0.1) is 0 Å². The normalized spacial score (nSPS) is 23.8. The van der Waals surface area contributed by atoms with Gasteiger partial charge < -0.3 is 19.9 Å². The molecule has 1 aromatic rings. The fourth-order valence-electron chi connectivity index (χ4n) is 2.69. The molecule has 0 spiro atoms. The average Bonchev–Trinajstić information content (AvgIpc) is 2.91. The van der Waals surface area contributed by atoms with Crippen LogP contribution < -0.4 is 10.1 Å². The van der Waals surface area contributed by atoms with Crippen molar-refractivity contribution in [1.82, 2.24) is 5.32 Å². The first-order chi connectivity index (χ1) is 9.70. The first-order valence-electron chi connectivity index (χ1n) is 7.33. The van der Waals surface area contributed by atoms with Crippen molar-refractivity contribution in [2.24, 2.45) is 0 Å². The predicted octanol–water partition coefficient (Wildman–Crippen LogP) is 1.89. The number of hydrogen-bond donors (Lipinski definition) is 2. The summed E-state index contributed by atoms with van der Waals surface area (Å²) in [6.07, 6.45) is 3.17. The highest BCUT2D eigenvalue weighted by Crippen LogP contribution is 2.21. The van der Waals surface area contributed by atoms with Gasteiger partial charge in [-0.2, -0.15) is 0 Å². The summed E-state index contributed by atoms with van der Waals surface area (Å²) in [6, 6.07) is 8.20. The molecule has 0 aliphatic heterocycles. The van der Waals surface area contributed by atoms with Crippen LogP contribution in [0.3, 0.4) is 0 Å². The molecular weight excluding hydrogens is 254 g/mol. The van der Waals surface area contributed by atoms with Crippen molar-refractivity contribution >= 4 is 0 Å². The first-order valence-corrected chi connectivity index (χ1v) is 7.33. The molecule has 0 aromatic heterocycles. The summed E-state index contributed by atoms with van der Waals surface area (Å²) in [4.78, 5) is 0. The van der Waals surface area contributed by atoms with Crippen LogP contribution >= 0.6 is 0 Å². The largest absolute Gasteiger partial charge is 0.491 e. The van der Waals surface area contributed by atoms with Gasteiger partial charge in [0.15, 0.2) is 0 Å². The molecule has 2 N–H and O–H groups in total. The van der Waals surface area contributed by atoms with E-state index in [0.717, 1.165) is 24.2 Å². The second kappa shape index (κ2) is 7.62. The summed E-state index contributed by atoms with van der Waals surface area (Å²) < 4.78 is 11.1. The van der Waals surface area contributed by atoms with E-state index in [1.165, 1.54) is 6.42 Å². The van der Waals surface area contributed by atoms with Crippen LogP contribution in [0.25, 0.3) is 0 Å². The number of aryl methyl sites for hydroxylation is 1. The van der Waals surface area contributed by atoms with Crippen LogP contribution in [0.4, 0.5) is 0 Å². The number of hydrogen-bond acceptors (Lipinski definition) is 4. The van der Waals surface area contributed by atoms with Gasteiger partial charge in [0.2, 0.25) is 0 Å². The molecule has 2 rings (SSSR count). The quantitative estimate of drug-likeness (QED) is 0.800. The maximum absolute atomic E-state index is 9.99. The molecule has 0 saturated heterocycles. The molecular formula is C16H25NO3. The highest BCUT2D eigenvalue weighted by atomic mass is 16.5. The molecule has 0 radical (unpaired) electrons. The van der Waals surface area contributed by atoms with E-state index in [2.05, 4.69) is 5.32 Å². The minimum atomic E-state index is -0.507. The Morgan fingerprint density at radius 3 is 2.90 bits per heavy atom. The SMILES string of the molecule is COC1CCCC1NCC(O)COc1ccccc1C. The second-order valence-corrected chi connectivity index (χ2v) is 5.45. The molecule has 0 heterocycles. The molecule has 4 nitrogen and oxygen atoms in total. The van der Waals surface area contributed by atoms with E-state index in [9.17, 15) is 5.11 Å². The lowest BCUT2D eigenvalue weighted by molar-refractivity contribution is 0.0686. The van der Waals surface area contributed by atoms with Crippen molar-refractivity contribution in [3.63, 3.8) is 0 Å². The lowest BCUT2D eigenvalue weighted by Crippen LogP contribution is -2.42. The van der Waals surface area contributed by atoms with E-state index in [4.69, 9.17) is 9.47 Å². The Morgan fingerprint density at radius 2 is 2.15 bits per heavy atom. The number of methoxy groups -OCH3 is 1. The predicted molar refractivity (Wildman–Crippen MR) is 79.1 cm³/mol. The molecule has 0 bridgehead atoms. The standard InChI is InChI=1S/C16H25NO3/c1-12-6-3-4-8-15(12)20-11-13(18)10-17-14-7-5-9-16(14)19-2/h3-4,6,8,13-14,16-18H,5,7,9-11H2,1-2H3. The van der Waals surface area contributed by atoms with Gasteiger partial charge in [-0.3, -0.25) is 0 Å². The average molecular weight is 279 g/mol. The zero-order valence-electron chi connectivity index (χ0n) is 12.3. The Hall–Kier alpha value is -1.10. The molecule has 1 aliphatic carbocycles. The van der Waals surface area contributed by atoms with Gasteiger partial charge in [-0.1, -0.05) is 18.2 Å². The third kappa shape index (κ3) is 4.20. The van der Waals surface area contributed by atoms with Gasteiger partial charge >= 0.3 is 0 Å². The number of rotatable bonds is 7. The highest BCUT2D eigenvalue weighted by Gasteiger charge is 2.26. The Balaban J connectivity index is 1.70. The van der Waals surface area contributed by atoms with Crippen LogP contribution in [-0.4, -0.2) is 43.6 Å². The Morgan fingerprint density at radius 1 is 1.35 bits per heavy atom. The summed E-state index contributed by atoms with van der Waals surface area (Å²) in [5.74, 6) is 0.835. The van der Waals surface area contributed by atoms with Gasteiger partial charge in [-0.05, 0) is 37.8 Å². The van der Waals surface area contributed by atoms with E-state index >= 15 is 0 Å². The highest BCUT2D eigenvalue weighted by molar-refractivity contribution is 5.31. The van der Waals surface area contributed by atoms with Gasteiger partial charge in [0.25, 0.3) is 0 Å². The van der Waals surface area contributed by atoms with Crippen LogP contribution in [0.5, 0.6) is 5.75 Å². The molecule has 4 heteroatoms. The summed E-state index contributed by atoms with van der Waals surface area (Å²) in [6.45, 7) is 2.85. The molecule has 0 amide bonds. The minimum Gasteiger partial charge on any atom is -0.491 e. The maximum atomic E-state index is 9.99. The van der Waals surface area contributed by atoms with Crippen molar-refractivity contribution < 1.29 is 14.6 Å². The number of ether oxygens (including phenoxy) is 2. The van der Waals surface area contributed by atoms with Crippen molar-refractivity contribution in [1.29, 1.82) is 0 Å². The van der Waals surface area contributed by atoms with E-state index < -0.39 is 6.10 Å². The number of aliphatic hydroxyl groups excluding tert-OH is 1. The number of nitrogens with one attached hydrogen (secondary N) is 1. The number of para-hydroxylation sites is 1. The van der Waals surface area contributed by atoms with Gasteiger partial charge in [0, 0.05) is 19.7 Å². The van der Waals surface area contributed by atoms with Gasteiger partial charge in [-0.25, -0.2) is 0 Å². The zero-order chi connectivity index (χ0) is 14.4. The Labute approximate surface area is 121 Å². The van der Waals surface area contributed by atoms with E-state index in [0.29, 0.717) is 19.2 Å². The Kier molecular flexibility index (Phi) is 5.83. The number of benzene rings is 1. The van der Waals surface area contributed by atoms with Crippen molar-refractivity contribution in [3.8, 4) is 5.75 Å². The lowest BCUT2D eigenvalue weighted by Gasteiger charge is -2.21. The van der Waals surface area contributed by atoms with Gasteiger partial charge in [0.05, 0.1) is 6.10 Å². The fraction of sp³-hybridized carbons (Fsp3) is 0.625. The monoisotopic (exact) mass is 279 g/mol. The maximum Gasteiger partial charge on any atom is 0.122 e. The van der Waals surface area contributed by atoms with Crippen LogP contribution in [0, 0.1) is 6.92 Å². The molecule has 20 heavy (non-hydrogen) atoms. The minimum absolute atomic E-state index is 0.277. The van der Waals surface area contributed by atoms with Crippen molar-refractivity contribution in [2.75, 3.05) is 20.3 Å². The molecule has 3 atom stereocenters. The van der Waals surface area contributed by atoms with Crippen LogP contribution in [0.2, 0.25) is 0 Å². The van der Waals surface area contributed by atoms with E-state index in [-0.39, 0.29) is 6.10 Å². The molecule has 1 aliphatic rings.